The van der Waals surface area contributed by atoms with E-state index in [2.05, 4.69) is 0 Å². The number of piperidine rings is 1. The van der Waals surface area contributed by atoms with Crippen molar-refractivity contribution in [1.82, 2.24) is 14.0 Å². The van der Waals surface area contributed by atoms with E-state index in [0.717, 1.165) is 23.0 Å². The molecule has 2 bridgehead atoms. The first-order valence-electron chi connectivity index (χ1n) is 10.7. The van der Waals surface area contributed by atoms with Crippen LogP contribution in [0.1, 0.15) is 28.5 Å². The number of benzene rings is 1. The fourth-order valence-electron chi connectivity index (χ4n) is 5.21. The van der Waals surface area contributed by atoms with E-state index in [1.807, 2.05) is 39.8 Å². The number of carbonyl (C=O) groups is 1. The van der Waals surface area contributed by atoms with Gasteiger partial charge in [-0.25, -0.2) is 0 Å². The zero-order valence-corrected chi connectivity index (χ0v) is 17.8. The molecule has 5 rings (SSSR count). The van der Waals surface area contributed by atoms with Gasteiger partial charge in [0.2, 0.25) is 0 Å². The molecule has 1 amide bonds. The number of amides is 1. The Morgan fingerprint density at radius 3 is 2.78 bits per heavy atom. The van der Waals surface area contributed by atoms with Crippen LogP contribution in [0.2, 0.25) is 0 Å². The number of carbonyl (C=O) groups excluding carboxylic acids is 1. The number of ether oxygens (including phenoxy) is 1. The van der Waals surface area contributed by atoms with Crippen molar-refractivity contribution < 1.29 is 14.5 Å². The molecule has 0 spiro atoms. The molecule has 2 atom stereocenters. The van der Waals surface area contributed by atoms with Crippen molar-refractivity contribution in [2.24, 2.45) is 5.92 Å². The minimum atomic E-state index is -0.630. The summed E-state index contributed by atoms with van der Waals surface area (Å²) < 4.78 is 8.80. The topological polar surface area (TPSA) is 99.6 Å². The van der Waals surface area contributed by atoms with Gasteiger partial charge in [-0.1, -0.05) is 18.2 Å². The van der Waals surface area contributed by atoms with E-state index < -0.39 is 16.2 Å². The quantitative estimate of drug-likeness (QED) is 0.452. The second kappa shape index (κ2) is 7.90. The van der Waals surface area contributed by atoms with Crippen LogP contribution in [-0.2, 0) is 17.8 Å². The van der Waals surface area contributed by atoms with E-state index in [0.29, 0.717) is 38.5 Å². The Morgan fingerprint density at radius 2 is 2.00 bits per heavy atom. The van der Waals surface area contributed by atoms with Crippen LogP contribution < -0.4 is 5.56 Å². The van der Waals surface area contributed by atoms with Gasteiger partial charge in [0.15, 0.2) is 0 Å². The van der Waals surface area contributed by atoms with Gasteiger partial charge in [0.1, 0.15) is 5.69 Å². The van der Waals surface area contributed by atoms with Gasteiger partial charge in [0, 0.05) is 61.9 Å². The summed E-state index contributed by atoms with van der Waals surface area (Å²) in [6, 6.07) is 12.8. The van der Waals surface area contributed by atoms with Crippen molar-refractivity contribution in [3.05, 3.63) is 74.3 Å². The molecule has 4 heterocycles. The summed E-state index contributed by atoms with van der Waals surface area (Å²) in [5, 5.41) is 12.2. The molecule has 1 aromatic carbocycles. The summed E-state index contributed by atoms with van der Waals surface area (Å²) in [5.74, 6) is 0.0307. The Balaban J connectivity index is 1.47. The first-order chi connectivity index (χ1) is 15.5. The SMILES string of the molecule is COCCn1c(C(=O)N2CC3C[C@@H](C2)Cn2c3ccc([N+](=O)[O-])c2=O)cc2ccccc21. The lowest BCUT2D eigenvalue weighted by molar-refractivity contribution is -0.386. The van der Waals surface area contributed by atoms with Crippen molar-refractivity contribution in [2.45, 2.75) is 25.4 Å². The van der Waals surface area contributed by atoms with E-state index in [9.17, 15) is 19.7 Å². The van der Waals surface area contributed by atoms with Gasteiger partial charge in [-0.15, -0.1) is 0 Å². The van der Waals surface area contributed by atoms with Crippen molar-refractivity contribution in [3.63, 3.8) is 0 Å². The minimum absolute atomic E-state index is 0.0169. The lowest BCUT2D eigenvalue weighted by atomic mass is 9.83. The van der Waals surface area contributed by atoms with Gasteiger partial charge in [-0.3, -0.25) is 19.7 Å². The van der Waals surface area contributed by atoms with E-state index in [4.69, 9.17) is 4.74 Å². The smallest absolute Gasteiger partial charge is 0.334 e. The maximum atomic E-state index is 13.6. The Kier molecular flexibility index (Phi) is 5.05. The number of hydrogen-bond donors (Lipinski definition) is 0. The molecular weight excluding hydrogens is 412 g/mol. The van der Waals surface area contributed by atoms with Gasteiger partial charge in [0.05, 0.1) is 11.5 Å². The lowest BCUT2D eigenvalue weighted by Crippen LogP contribution is -2.49. The average molecular weight is 436 g/mol. The third-order valence-corrected chi connectivity index (χ3v) is 6.62. The number of nitrogens with zero attached hydrogens (tertiary/aromatic N) is 4. The van der Waals surface area contributed by atoms with E-state index in [1.54, 1.807) is 13.2 Å². The molecular formula is C23H24N4O5. The molecule has 1 saturated heterocycles. The van der Waals surface area contributed by atoms with E-state index in [-0.39, 0.29) is 17.7 Å². The van der Waals surface area contributed by atoms with Crippen LogP contribution in [0, 0.1) is 16.0 Å². The number of methoxy groups -OCH3 is 1. The van der Waals surface area contributed by atoms with Gasteiger partial charge in [-0.2, -0.15) is 0 Å². The highest BCUT2D eigenvalue weighted by atomic mass is 16.6. The summed E-state index contributed by atoms with van der Waals surface area (Å²) in [4.78, 5) is 38.6. The molecule has 0 radical (unpaired) electrons. The molecule has 3 aromatic rings. The Labute approximate surface area is 184 Å². The largest absolute Gasteiger partial charge is 0.383 e. The first-order valence-corrected chi connectivity index (χ1v) is 10.7. The molecule has 2 aliphatic rings. The Morgan fingerprint density at radius 1 is 1.19 bits per heavy atom. The molecule has 9 nitrogen and oxygen atoms in total. The average Bonchev–Trinajstić information content (AvgIpc) is 3.16. The number of aromatic nitrogens is 2. The molecule has 2 aromatic heterocycles. The monoisotopic (exact) mass is 436 g/mol. The Bertz CT molecular complexity index is 1280. The van der Waals surface area contributed by atoms with Crippen LogP contribution >= 0.6 is 0 Å². The molecule has 0 N–H and O–H groups in total. The predicted molar refractivity (Wildman–Crippen MR) is 118 cm³/mol. The predicted octanol–water partition coefficient (Wildman–Crippen LogP) is 2.62. The van der Waals surface area contributed by atoms with Crippen LogP contribution in [0.3, 0.4) is 0 Å². The highest BCUT2D eigenvalue weighted by Gasteiger charge is 2.38. The second-order valence-electron chi connectivity index (χ2n) is 8.56. The van der Waals surface area contributed by atoms with Crippen molar-refractivity contribution in [2.75, 3.05) is 26.8 Å². The summed E-state index contributed by atoms with van der Waals surface area (Å²) in [6.45, 7) is 2.48. The fraction of sp³-hybridized carbons (Fsp3) is 0.391. The molecule has 0 saturated carbocycles. The van der Waals surface area contributed by atoms with E-state index >= 15 is 0 Å². The molecule has 2 aliphatic heterocycles. The number of hydrogen-bond acceptors (Lipinski definition) is 5. The summed E-state index contributed by atoms with van der Waals surface area (Å²) >= 11 is 0. The molecule has 32 heavy (non-hydrogen) atoms. The summed E-state index contributed by atoms with van der Waals surface area (Å²) in [5.41, 5.74) is 1.44. The zero-order chi connectivity index (χ0) is 22.4. The number of nitro groups is 1. The maximum absolute atomic E-state index is 13.6. The normalized spacial score (nSPS) is 19.7. The maximum Gasteiger partial charge on any atom is 0.334 e. The number of rotatable bonds is 5. The second-order valence-corrected chi connectivity index (χ2v) is 8.56. The molecule has 166 valence electrons. The summed E-state index contributed by atoms with van der Waals surface area (Å²) in [6.07, 6.45) is 0.869. The molecule has 0 aliphatic carbocycles. The Hall–Kier alpha value is -3.46. The van der Waals surface area contributed by atoms with Crippen molar-refractivity contribution in [3.8, 4) is 0 Å². The highest BCUT2D eigenvalue weighted by molar-refractivity contribution is 5.99. The first kappa shape index (κ1) is 20.4. The molecule has 1 fully saturated rings. The summed E-state index contributed by atoms with van der Waals surface area (Å²) in [7, 11) is 1.64. The lowest BCUT2D eigenvalue weighted by Gasteiger charge is -2.42. The number of likely N-dealkylation sites (tertiary alicyclic amines) is 1. The third kappa shape index (κ3) is 3.29. The van der Waals surface area contributed by atoms with Crippen LogP contribution in [-0.4, -0.2) is 51.7 Å². The fourth-order valence-corrected chi connectivity index (χ4v) is 5.21. The molecule has 9 heteroatoms. The number of fused-ring (bicyclic) bond motifs is 5. The van der Waals surface area contributed by atoms with Gasteiger partial charge in [-0.05, 0) is 30.5 Å². The van der Waals surface area contributed by atoms with Crippen LogP contribution in [0.15, 0.2) is 47.3 Å². The number of pyridine rings is 1. The van der Waals surface area contributed by atoms with Crippen LogP contribution in [0.25, 0.3) is 10.9 Å². The standard InChI is InChI=1S/C23H24N4O5/c1-32-9-8-25-18-5-3-2-4-16(18)11-21(25)22(28)24-12-15-10-17(14-24)19-6-7-20(27(30)31)23(29)26(19)13-15/h2-7,11,15,17H,8-10,12-14H2,1H3/t15-,17?/m0/s1. The minimum Gasteiger partial charge on any atom is -0.383 e. The van der Waals surface area contributed by atoms with Gasteiger partial charge >= 0.3 is 11.2 Å². The third-order valence-electron chi connectivity index (χ3n) is 6.62. The zero-order valence-electron chi connectivity index (χ0n) is 17.8. The van der Waals surface area contributed by atoms with Crippen molar-refractivity contribution in [1.29, 1.82) is 0 Å². The highest BCUT2D eigenvalue weighted by Crippen LogP contribution is 2.36. The molecule has 1 unspecified atom stereocenters. The van der Waals surface area contributed by atoms with E-state index in [1.165, 1.54) is 10.6 Å². The van der Waals surface area contributed by atoms with Gasteiger partial charge in [0.25, 0.3) is 5.91 Å². The van der Waals surface area contributed by atoms with Crippen LogP contribution in [0.4, 0.5) is 5.69 Å². The number of para-hydroxylation sites is 1. The van der Waals surface area contributed by atoms with Crippen LogP contribution in [0.5, 0.6) is 0 Å². The van der Waals surface area contributed by atoms with Crippen molar-refractivity contribution >= 4 is 22.5 Å². The van der Waals surface area contributed by atoms with Gasteiger partial charge < -0.3 is 18.8 Å².